The summed E-state index contributed by atoms with van der Waals surface area (Å²) in [6.07, 6.45) is -1.18. The SMILES string of the molecule is CN(CCC(O)(P(=O)(O)O)P(=O)(O)O)CC1COc2ccccc2O1. The Morgan fingerprint density at radius 3 is 2.28 bits per heavy atom. The zero-order valence-electron chi connectivity index (χ0n) is 13.4. The van der Waals surface area contributed by atoms with Gasteiger partial charge in [-0.1, -0.05) is 12.1 Å². The zero-order chi connectivity index (χ0) is 18.9. The van der Waals surface area contributed by atoms with E-state index >= 15 is 0 Å². The number of benzene rings is 1. The average molecular weight is 397 g/mol. The molecular weight excluding hydrogens is 376 g/mol. The van der Waals surface area contributed by atoms with Crippen molar-refractivity contribution in [1.82, 2.24) is 4.90 Å². The predicted molar refractivity (Wildman–Crippen MR) is 87.5 cm³/mol. The Balaban J connectivity index is 1.96. The molecule has 1 atom stereocenters. The van der Waals surface area contributed by atoms with Gasteiger partial charge in [-0.15, -0.1) is 0 Å². The van der Waals surface area contributed by atoms with E-state index in [0.29, 0.717) is 11.5 Å². The minimum absolute atomic E-state index is 0.172. The molecule has 10 nitrogen and oxygen atoms in total. The Kier molecular flexibility index (Phi) is 5.98. The van der Waals surface area contributed by atoms with Crippen molar-refractivity contribution in [2.75, 3.05) is 26.7 Å². The second-order valence-electron chi connectivity index (χ2n) is 5.87. The summed E-state index contributed by atoms with van der Waals surface area (Å²) >= 11 is 0. The fourth-order valence-electron chi connectivity index (χ4n) is 2.39. The van der Waals surface area contributed by atoms with Gasteiger partial charge < -0.3 is 39.1 Å². The van der Waals surface area contributed by atoms with E-state index in [1.807, 2.05) is 0 Å². The van der Waals surface area contributed by atoms with Crippen LogP contribution in [-0.2, 0) is 9.13 Å². The first-order chi connectivity index (χ1) is 11.4. The number of para-hydroxylation sites is 2. The molecule has 0 radical (unpaired) electrons. The number of aliphatic hydroxyl groups is 1. The van der Waals surface area contributed by atoms with Crippen LogP contribution >= 0.6 is 15.2 Å². The molecule has 1 aromatic rings. The fraction of sp³-hybridized carbons (Fsp3) is 0.538. The third-order valence-electron chi connectivity index (χ3n) is 3.84. The third kappa shape index (κ3) is 4.61. The van der Waals surface area contributed by atoms with Gasteiger partial charge in [-0.25, -0.2) is 0 Å². The van der Waals surface area contributed by atoms with Gasteiger partial charge in [-0.2, -0.15) is 0 Å². The van der Waals surface area contributed by atoms with Crippen LogP contribution < -0.4 is 9.47 Å². The van der Waals surface area contributed by atoms with Gasteiger partial charge in [0.25, 0.3) is 5.08 Å². The lowest BCUT2D eigenvalue weighted by Crippen LogP contribution is -2.41. The maximum Gasteiger partial charge on any atom is 0.369 e. The van der Waals surface area contributed by atoms with Crippen molar-refractivity contribution in [2.45, 2.75) is 17.6 Å². The van der Waals surface area contributed by atoms with E-state index in [2.05, 4.69) is 0 Å². The lowest BCUT2D eigenvalue weighted by atomic mass is 10.2. The molecule has 0 saturated carbocycles. The summed E-state index contributed by atoms with van der Waals surface area (Å²) in [7, 11) is -9.31. The molecule has 1 aliphatic heterocycles. The Labute approximate surface area is 144 Å². The van der Waals surface area contributed by atoms with Gasteiger partial charge >= 0.3 is 15.2 Å². The largest absolute Gasteiger partial charge is 0.486 e. The standard InChI is InChI=1S/C13H21NO9P2/c1-14(7-6-13(15,24(16,17)18)25(19,20)21)8-10-9-22-11-4-2-3-5-12(11)23-10/h2-5,10,15H,6-9H2,1H3,(H2,16,17,18)(H2,19,20,21). The van der Waals surface area contributed by atoms with Gasteiger partial charge in [0.2, 0.25) is 0 Å². The summed E-state index contributed by atoms with van der Waals surface area (Å²) in [5.41, 5.74) is 0. The maximum absolute atomic E-state index is 11.3. The van der Waals surface area contributed by atoms with Gasteiger partial charge in [0.1, 0.15) is 12.7 Å². The van der Waals surface area contributed by atoms with Gasteiger partial charge in [0.15, 0.2) is 11.5 Å². The van der Waals surface area contributed by atoms with Crippen molar-refractivity contribution in [2.24, 2.45) is 0 Å². The van der Waals surface area contributed by atoms with Crippen LogP contribution in [0.5, 0.6) is 11.5 Å². The first-order valence-corrected chi connectivity index (χ1v) is 10.6. The summed E-state index contributed by atoms with van der Waals surface area (Å²) in [5, 5.41) is 6.45. The molecule has 0 aromatic heterocycles. The molecule has 142 valence electrons. The molecule has 1 unspecified atom stereocenters. The van der Waals surface area contributed by atoms with Crippen LogP contribution in [0.15, 0.2) is 24.3 Å². The molecule has 0 bridgehead atoms. The highest BCUT2D eigenvalue weighted by Crippen LogP contribution is 2.68. The number of hydrogen-bond acceptors (Lipinski definition) is 6. The second-order valence-corrected chi connectivity index (χ2v) is 9.88. The third-order valence-corrected chi connectivity index (χ3v) is 7.72. The molecular formula is C13H21NO9P2. The number of hydrogen-bond donors (Lipinski definition) is 5. The van der Waals surface area contributed by atoms with Crippen LogP contribution in [0.2, 0.25) is 0 Å². The topological polar surface area (TPSA) is 157 Å². The number of ether oxygens (including phenoxy) is 2. The Bertz CT molecular complexity index is 678. The van der Waals surface area contributed by atoms with Gasteiger partial charge in [0.05, 0.1) is 0 Å². The van der Waals surface area contributed by atoms with E-state index in [-0.39, 0.29) is 25.8 Å². The van der Waals surface area contributed by atoms with Crippen molar-refractivity contribution in [3.8, 4) is 11.5 Å². The van der Waals surface area contributed by atoms with Crippen LogP contribution in [0, 0.1) is 0 Å². The van der Waals surface area contributed by atoms with Gasteiger partial charge in [0, 0.05) is 19.5 Å². The summed E-state index contributed by atoms with van der Waals surface area (Å²) < 4.78 is 33.9. The first-order valence-electron chi connectivity index (χ1n) is 7.35. The molecule has 1 heterocycles. The summed E-state index contributed by atoms with van der Waals surface area (Å²) in [6.45, 7) is 0.351. The van der Waals surface area contributed by atoms with E-state index in [9.17, 15) is 14.2 Å². The minimum atomic E-state index is -5.44. The van der Waals surface area contributed by atoms with Crippen LogP contribution in [0.3, 0.4) is 0 Å². The van der Waals surface area contributed by atoms with Crippen molar-refractivity contribution in [3.05, 3.63) is 24.3 Å². The van der Waals surface area contributed by atoms with Crippen molar-refractivity contribution < 1.29 is 43.3 Å². The minimum Gasteiger partial charge on any atom is -0.486 e. The van der Waals surface area contributed by atoms with E-state index in [1.165, 1.54) is 4.90 Å². The number of fused-ring (bicyclic) bond motifs is 1. The average Bonchev–Trinajstić information content (AvgIpc) is 2.50. The highest BCUT2D eigenvalue weighted by atomic mass is 31.2. The van der Waals surface area contributed by atoms with Gasteiger partial charge in [-0.3, -0.25) is 9.13 Å². The van der Waals surface area contributed by atoms with Crippen LogP contribution in [-0.4, -0.2) is 67.5 Å². The summed E-state index contributed by atoms with van der Waals surface area (Å²) in [5.74, 6) is 1.17. The Hall–Kier alpha value is -0.960. The van der Waals surface area contributed by atoms with E-state index < -0.39 is 26.7 Å². The van der Waals surface area contributed by atoms with E-state index in [0.717, 1.165) is 0 Å². The molecule has 0 fully saturated rings. The lowest BCUT2D eigenvalue weighted by Gasteiger charge is -2.32. The van der Waals surface area contributed by atoms with Crippen LogP contribution in [0.25, 0.3) is 0 Å². The fourth-order valence-corrected chi connectivity index (χ4v) is 4.53. The smallest absolute Gasteiger partial charge is 0.369 e. The lowest BCUT2D eigenvalue weighted by molar-refractivity contribution is 0.0582. The quantitative estimate of drug-likeness (QED) is 0.401. The molecule has 0 amide bonds. The molecule has 12 heteroatoms. The van der Waals surface area contributed by atoms with Crippen molar-refractivity contribution >= 4 is 15.2 Å². The predicted octanol–water partition coefficient (Wildman–Crippen LogP) is 0.150. The summed E-state index contributed by atoms with van der Waals surface area (Å²) in [4.78, 5) is 38.0. The van der Waals surface area contributed by atoms with Crippen molar-refractivity contribution in [3.63, 3.8) is 0 Å². The molecule has 0 spiro atoms. The summed E-state index contributed by atoms with van der Waals surface area (Å²) in [6, 6.07) is 7.09. The molecule has 0 saturated heterocycles. The van der Waals surface area contributed by atoms with E-state index in [4.69, 9.17) is 29.0 Å². The number of likely N-dealkylation sites (N-methyl/N-ethyl adjacent to an activating group) is 1. The molecule has 25 heavy (non-hydrogen) atoms. The molecule has 5 N–H and O–H groups in total. The van der Waals surface area contributed by atoms with Crippen LogP contribution in [0.4, 0.5) is 0 Å². The highest BCUT2D eigenvalue weighted by molar-refractivity contribution is 7.72. The monoisotopic (exact) mass is 397 g/mol. The zero-order valence-corrected chi connectivity index (χ0v) is 15.2. The second kappa shape index (κ2) is 7.34. The van der Waals surface area contributed by atoms with Gasteiger partial charge in [-0.05, 0) is 19.2 Å². The van der Waals surface area contributed by atoms with E-state index in [1.54, 1.807) is 31.3 Å². The first kappa shape index (κ1) is 20.4. The normalized spacial score (nSPS) is 18.4. The molecule has 1 aliphatic rings. The number of rotatable bonds is 7. The molecule has 1 aromatic carbocycles. The molecule has 0 aliphatic carbocycles. The molecule has 2 rings (SSSR count). The van der Waals surface area contributed by atoms with Crippen LogP contribution in [0.1, 0.15) is 6.42 Å². The Morgan fingerprint density at radius 2 is 1.72 bits per heavy atom. The van der Waals surface area contributed by atoms with Crippen molar-refractivity contribution in [1.29, 1.82) is 0 Å². The number of nitrogens with zero attached hydrogens (tertiary/aromatic N) is 1. The highest BCUT2D eigenvalue weighted by Gasteiger charge is 2.58. The Morgan fingerprint density at radius 1 is 1.16 bits per heavy atom. The maximum atomic E-state index is 11.3.